The van der Waals surface area contributed by atoms with E-state index in [1.807, 2.05) is 0 Å². The normalized spacial score (nSPS) is 14.2. The quantitative estimate of drug-likeness (QED) is 0.228. The van der Waals surface area contributed by atoms with Gasteiger partial charge >= 0.3 is 30.9 Å². The number of alkyl halides is 16. The van der Waals surface area contributed by atoms with Crippen molar-refractivity contribution in [1.82, 2.24) is 0 Å². The van der Waals surface area contributed by atoms with Gasteiger partial charge in [0.25, 0.3) is 5.67 Å². The van der Waals surface area contributed by atoms with E-state index < -0.39 is 105 Å². The molecule has 0 atom stereocenters. The predicted molar refractivity (Wildman–Crippen MR) is 80.6 cm³/mol. The number of benzene rings is 2. The summed E-state index contributed by atoms with van der Waals surface area (Å²) in [5.41, 5.74) is -35.4. The zero-order valence-electron chi connectivity index (χ0n) is 17.3. The molecule has 0 radical (unpaired) electrons. The molecule has 0 spiro atoms. The van der Waals surface area contributed by atoms with Crippen molar-refractivity contribution in [1.29, 1.82) is 0 Å². The van der Waals surface area contributed by atoms with Gasteiger partial charge in [-0.15, -0.1) is 0 Å². The van der Waals surface area contributed by atoms with Gasteiger partial charge in [-0.2, -0.15) is 65.9 Å². The molecule has 0 unspecified atom stereocenters. The van der Waals surface area contributed by atoms with Crippen molar-refractivity contribution in [2.24, 2.45) is 0 Å². The Labute approximate surface area is 202 Å². The SMILES string of the molecule is Fc1c(F)c(C(F)(F)F)c(C(F)(F)F)c(C(F)(c2c(F)c(F)c(F)c(C(F)(F)F)c2C(F)(F)F)C(F)(F)F)c1F. The molecule has 2 aromatic rings. The third kappa shape index (κ3) is 4.96. The van der Waals surface area contributed by atoms with Crippen LogP contribution in [-0.2, 0) is 30.4 Å². The van der Waals surface area contributed by atoms with Gasteiger partial charge in [-0.25, -0.2) is 30.7 Å². The predicted octanol–water partition coefficient (Wildman–Crippen LogP) is 9.37. The van der Waals surface area contributed by atoms with Crippen molar-refractivity contribution in [2.45, 2.75) is 36.6 Å². The minimum atomic E-state index is -7.99. The molecule has 0 N–H and O–H groups in total. The van der Waals surface area contributed by atoms with E-state index in [4.69, 9.17) is 0 Å². The molecule has 0 aliphatic carbocycles. The Morgan fingerprint density at radius 3 is 0.625 bits per heavy atom. The van der Waals surface area contributed by atoms with Crippen molar-refractivity contribution in [3.8, 4) is 0 Å². The maximum absolute atomic E-state index is 15.7. The molecule has 22 heteroatoms. The maximum atomic E-state index is 15.7. The fourth-order valence-corrected chi connectivity index (χ4v) is 3.48. The van der Waals surface area contributed by atoms with Gasteiger partial charge < -0.3 is 0 Å². The lowest BCUT2D eigenvalue weighted by Crippen LogP contribution is -2.46. The highest BCUT2D eigenvalue weighted by molar-refractivity contribution is 5.55. The van der Waals surface area contributed by atoms with Crippen LogP contribution in [0.1, 0.15) is 33.4 Å². The van der Waals surface area contributed by atoms with E-state index in [1.54, 1.807) is 0 Å². The summed E-state index contributed by atoms with van der Waals surface area (Å²) in [6, 6.07) is 0. The molecule has 0 bridgehead atoms. The average Bonchev–Trinajstić information content (AvgIpc) is 2.70. The van der Waals surface area contributed by atoms with Crippen LogP contribution in [0.5, 0.6) is 0 Å². The standard InChI is InChI=1S/C18F22/c19-7-3(1(14(26,27)28)5(16(32,33)34)9(21)11(7)23)13(25,18(38,39)40)4-2(15(29,30)31)6(17(35,36)37)10(22)12(24)8(4)20. The second-order valence-corrected chi connectivity index (χ2v) is 7.28. The van der Waals surface area contributed by atoms with Crippen molar-refractivity contribution in [3.05, 3.63) is 68.3 Å². The first-order valence-corrected chi connectivity index (χ1v) is 8.91. The summed E-state index contributed by atoms with van der Waals surface area (Å²) >= 11 is 0. The Bertz CT molecular complexity index is 1240. The fourth-order valence-electron chi connectivity index (χ4n) is 3.48. The third-order valence-corrected chi connectivity index (χ3v) is 4.86. The van der Waals surface area contributed by atoms with Gasteiger partial charge in [0.2, 0.25) is 0 Å². The number of hydrogen-bond acceptors (Lipinski definition) is 0. The molecule has 0 nitrogen and oxygen atoms in total. The summed E-state index contributed by atoms with van der Waals surface area (Å²) in [5, 5.41) is 0. The lowest BCUT2D eigenvalue weighted by atomic mass is 9.78. The van der Waals surface area contributed by atoms with E-state index in [2.05, 4.69) is 0 Å². The Hall–Kier alpha value is -3.10. The van der Waals surface area contributed by atoms with Crippen molar-refractivity contribution in [2.75, 3.05) is 0 Å². The molecule has 0 saturated heterocycles. The Kier molecular flexibility index (Phi) is 7.62. The molecule has 0 fully saturated rings. The summed E-state index contributed by atoms with van der Waals surface area (Å²) in [7, 11) is 0. The van der Waals surface area contributed by atoms with Crippen LogP contribution < -0.4 is 0 Å². The van der Waals surface area contributed by atoms with Gasteiger partial charge in [-0.05, 0) is 0 Å². The third-order valence-electron chi connectivity index (χ3n) is 4.86. The van der Waals surface area contributed by atoms with Crippen LogP contribution in [-0.4, -0.2) is 6.18 Å². The van der Waals surface area contributed by atoms with E-state index in [9.17, 15) is 92.2 Å². The van der Waals surface area contributed by atoms with Gasteiger partial charge in [0.1, 0.15) is 11.1 Å². The highest BCUT2D eigenvalue weighted by atomic mass is 19.4. The van der Waals surface area contributed by atoms with Crippen LogP contribution in [0.3, 0.4) is 0 Å². The van der Waals surface area contributed by atoms with E-state index in [-0.39, 0.29) is 0 Å². The van der Waals surface area contributed by atoms with Gasteiger partial charge in [0.05, 0.1) is 22.3 Å². The molecule has 0 aliphatic rings. The van der Waals surface area contributed by atoms with Crippen LogP contribution in [0, 0.1) is 34.9 Å². The smallest absolute Gasteiger partial charge is 0.223 e. The minimum Gasteiger partial charge on any atom is -0.223 e. The number of rotatable bonds is 2. The first kappa shape index (κ1) is 33.1. The van der Waals surface area contributed by atoms with Crippen molar-refractivity contribution in [3.63, 3.8) is 0 Å². The van der Waals surface area contributed by atoms with E-state index in [0.29, 0.717) is 0 Å². The van der Waals surface area contributed by atoms with Gasteiger partial charge in [-0.3, -0.25) is 0 Å². The molecule has 2 aromatic carbocycles. The van der Waals surface area contributed by atoms with Crippen molar-refractivity contribution >= 4 is 0 Å². The molecule has 0 aromatic heterocycles. The molecule has 226 valence electrons. The van der Waals surface area contributed by atoms with Crippen molar-refractivity contribution < 1.29 is 96.6 Å². The zero-order chi connectivity index (χ0) is 31.9. The number of hydrogen-bond donors (Lipinski definition) is 0. The number of halogens is 22. The van der Waals surface area contributed by atoms with Gasteiger partial charge in [-0.1, -0.05) is 0 Å². The Balaban J connectivity index is 3.62. The van der Waals surface area contributed by atoms with E-state index >= 15 is 4.39 Å². The molecular formula is C18F22. The van der Waals surface area contributed by atoms with Gasteiger partial charge in [0.15, 0.2) is 34.9 Å². The molecule has 0 aliphatic heterocycles. The molecule has 2 rings (SSSR count). The Morgan fingerprint density at radius 2 is 0.450 bits per heavy atom. The van der Waals surface area contributed by atoms with Gasteiger partial charge in [0, 0.05) is 0 Å². The molecule has 0 saturated carbocycles. The second kappa shape index (κ2) is 9.21. The van der Waals surface area contributed by atoms with Crippen LogP contribution >= 0.6 is 0 Å². The van der Waals surface area contributed by atoms with Crippen LogP contribution in [0.4, 0.5) is 96.6 Å². The van der Waals surface area contributed by atoms with Crippen LogP contribution in [0.2, 0.25) is 0 Å². The van der Waals surface area contributed by atoms with E-state index in [0.717, 1.165) is 0 Å². The summed E-state index contributed by atoms with van der Waals surface area (Å²) in [5.74, 6) is -25.2. The second-order valence-electron chi connectivity index (χ2n) is 7.28. The molecule has 40 heavy (non-hydrogen) atoms. The first-order valence-electron chi connectivity index (χ1n) is 8.91. The van der Waals surface area contributed by atoms with Crippen LogP contribution in [0.15, 0.2) is 0 Å². The average molecular weight is 634 g/mol. The molecular weight excluding hydrogens is 634 g/mol. The van der Waals surface area contributed by atoms with Crippen LogP contribution in [0.25, 0.3) is 0 Å². The lowest BCUT2D eigenvalue weighted by molar-refractivity contribution is -0.227. The largest absolute Gasteiger partial charge is 0.431 e. The molecule has 0 amide bonds. The lowest BCUT2D eigenvalue weighted by Gasteiger charge is -2.35. The highest BCUT2D eigenvalue weighted by Gasteiger charge is 2.69. The zero-order valence-corrected chi connectivity index (χ0v) is 17.3. The maximum Gasteiger partial charge on any atom is 0.431 e. The minimum absolute atomic E-state index is 4.08. The summed E-state index contributed by atoms with van der Waals surface area (Å²) in [4.78, 5) is 0. The Morgan fingerprint density at radius 1 is 0.250 bits per heavy atom. The molecule has 0 heterocycles. The highest BCUT2D eigenvalue weighted by Crippen LogP contribution is 2.59. The fraction of sp³-hybridized carbons (Fsp3) is 0.333. The summed E-state index contributed by atoms with van der Waals surface area (Å²) in [6.45, 7) is 0. The summed E-state index contributed by atoms with van der Waals surface area (Å²) < 4.78 is 301. The topological polar surface area (TPSA) is 0 Å². The summed E-state index contributed by atoms with van der Waals surface area (Å²) in [6.07, 6.45) is -37.0. The monoisotopic (exact) mass is 634 g/mol. The first-order chi connectivity index (χ1) is 17.4. The van der Waals surface area contributed by atoms with E-state index in [1.165, 1.54) is 0 Å².